The predicted molar refractivity (Wildman–Crippen MR) is 85.7 cm³/mol. The Morgan fingerprint density at radius 2 is 1.71 bits per heavy atom. The lowest BCUT2D eigenvalue weighted by atomic mass is 10.1. The molecule has 0 fully saturated rings. The van der Waals surface area contributed by atoms with E-state index in [0.717, 1.165) is 10.7 Å². The Balaban J connectivity index is 4.55. The van der Waals surface area contributed by atoms with E-state index in [1.54, 1.807) is 0 Å². The third-order valence-corrected chi connectivity index (χ3v) is 4.36. The van der Waals surface area contributed by atoms with Crippen LogP contribution >= 0.6 is 25.6 Å². The molecular weight excluding hydrogens is 314 g/mol. The zero-order valence-corrected chi connectivity index (χ0v) is 14.2. The van der Waals surface area contributed by atoms with Crippen molar-refractivity contribution in [2.45, 2.75) is 58.2 Å². The van der Waals surface area contributed by atoms with E-state index in [1.165, 1.54) is 11.2 Å². The topological polar surface area (TPSA) is 104 Å². The number of thiol groups is 2. The molecule has 3 N–H and O–H groups in total. The molecule has 0 bridgehead atoms. The molecule has 0 aliphatic rings. The van der Waals surface area contributed by atoms with Crippen LogP contribution in [0.1, 0.15) is 40.0 Å². The molecule has 2 amide bonds. The lowest BCUT2D eigenvalue weighted by Gasteiger charge is -2.29. The predicted octanol–water partition coefficient (Wildman–Crippen LogP) is 0.712. The van der Waals surface area contributed by atoms with Crippen molar-refractivity contribution in [1.82, 2.24) is 8.61 Å². The first kappa shape index (κ1) is 20.1. The molecule has 7 nitrogen and oxygen atoms in total. The van der Waals surface area contributed by atoms with Gasteiger partial charge >= 0.3 is 5.97 Å². The molecule has 0 spiro atoms. The van der Waals surface area contributed by atoms with Crippen molar-refractivity contribution >= 4 is 43.4 Å². The van der Waals surface area contributed by atoms with E-state index in [9.17, 15) is 14.4 Å². The minimum Gasteiger partial charge on any atom is -0.480 e. The van der Waals surface area contributed by atoms with Crippen LogP contribution in [0.3, 0.4) is 0 Å². The van der Waals surface area contributed by atoms with Crippen LogP contribution in [-0.4, -0.2) is 49.6 Å². The highest BCUT2D eigenvalue weighted by Gasteiger charge is 2.28. The maximum Gasteiger partial charge on any atom is 0.320 e. The maximum atomic E-state index is 12.1. The molecule has 0 saturated carbocycles. The number of nitrogens with two attached hydrogens (primary N) is 1. The first-order valence-electron chi connectivity index (χ1n) is 6.64. The first-order valence-corrected chi connectivity index (χ1v) is 7.44. The quantitative estimate of drug-likeness (QED) is 0.489. The monoisotopic (exact) mass is 337 g/mol. The van der Waals surface area contributed by atoms with Crippen LogP contribution in [0.25, 0.3) is 0 Å². The van der Waals surface area contributed by atoms with Gasteiger partial charge in [0, 0.05) is 12.5 Å². The van der Waals surface area contributed by atoms with Crippen molar-refractivity contribution in [1.29, 1.82) is 0 Å². The summed E-state index contributed by atoms with van der Waals surface area (Å²) in [5.74, 6) is -1.98. The summed E-state index contributed by atoms with van der Waals surface area (Å²) in [6, 6.07) is -1.97. The molecule has 21 heavy (non-hydrogen) atoms. The largest absolute Gasteiger partial charge is 0.480 e. The van der Waals surface area contributed by atoms with Gasteiger partial charge in [-0.25, -0.2) is 0 Å². The number of hydrogen-bond donors (Lipinski definition) is 4. The number of hydrogen-bond acceptors (Lipinski definition) is 6. The van der Waals surface area contributed by atoms with E-state index >= 15 is 0 Å². The van der Waals surface area contributed by atoms with E-state index in [0.29, 0.717) is 0 Å². The Bertz CT molecular complexity index is 395. The van der Waals surface area contributed by atoms with Gasteiger partial charge in [0.1, 0.15) is 12.1 Å². The van der Waals surface area contributed by atoms with Gasteiger partial charge in [-0.3, -0.25) is 23.0 Å². The average Bonchev–Trinajstić information content (AvgIpc) is 2.47. The number of carbonyl (C=O) groups is 3. The number of aliphatic carboxylic acids is 1. The summed E-state index contributed by atoms with van der Waals surface area (Å²) in [6.45, 7) is 5.30. The lowest BCUT2D eigenvalue weighted by molar-refractivity contribution is -0.140. The Hall–Kier alpha value is -0.930. The van der Waals surface area contributed by atoms with Crippen molar-refractivity contribution in [3.63, 3.8) is 0 Å². The lowest BCUT2D eigenvalue weighted by Crippen LogP contribution is -2.45. The summed E-state index contributed by atoms with van der Waals surface area (Å²) in [5.41, 5.74) is 5.32. The van der Waals surface area contributed by atoms with E-state index in [2.05, 4.69) is 25.6 Å². The van der Waals surface area contributed by atoms with Crippen LogP contribution in [0, 0.1) is 0 Å². The van der Waals surface area contributed by atoms with E-state index in [4.69, 9.17) is 10.8 Å². The minimum atomic E-state index is -1.17. The van der Waals surface area contributed by atoms with Crippen LogP contribution in [0.15, 0.2) is 0 Å². The standard InChI is InChI=1S/C12H23N3O4S2/c1-4-7(2)14(20)11(17)8(3)15(21)10(16)6-5-9(13)12(18)19/h7-9,20-21H,4-6,13H2,1-3H3,(H,18,19). The number of carboxylic acid groups (broad SMARTS) is 1. The second-order valence-corrected chi connectivity index (χ2v) is 5.70. The zero-order valence-electron chi connectivity index (χ0n) is 12.4. The highest BCUT2D eigenvalue weighted by atomic mass is 32.1. The molecule has 0 aromatic rings. The van der Waals surface area contributed by atoms with Gasteiger partial charge in [0.15, 0.2) is 0 Å². The van der Waals surface area contributed by atoms with Crippen LogP contribution in [-0.2, 0) is 14.4 Å². The summed E-state index contributed by atoms with van der Waals surface area (Å²) in [6.07, 6.45) is 0.628. The number of amides is 2. The van der Waals surface area contributed by atoms with Gasteiger partial charge < -0.3 is 10.8 Å². The molecule has 9 heteroatoms. The Kier molecular flexibility index (Phi) is 8.76. The van der Waals surface area contributed by atoms with Gasteiger partial charge in [0.05, 0.1) is 0 Å². The molecule has 3 atom stereocenters. The smallest absolute Gasteiger partial charge is 0.320 e. The summed E-state index contributed by atoms with van der Waals surface area (Å²) in [4.78, 5) is 34.6. The highest BCUT2D eigenvalue weighted by Crippen LogP contribution is 2.15. The molecule has 122 valence electrons. The van der Waals surface area contributed by atoms with Crippen LogP contribution in [0.5, 0.6) is 0 Å². The molecule has 0 rings (SSSR count). The zero-order chi connectivity index (χ0) is 16.7. The molecule has 0 aliphatic carbocycles. The van der Waals surface area contributed by atoms with Gasteiger partial charge in [0.2, 0.25) is 5.91 Å². The van der Waals surface area contributed by atoms with Crippen LogP contribution < -0.4 is 5.73 Å². The summed E-state index contributed by atoms with van der Waals surface area (Å²) >= 11 is 8.15. The molecule has 0 aliphatic heterocycles. The fraction of sp³-hybridized carbons (Fsp3) is 0.750. The molecular formula is C12H23N3O4S2. The van der Waals surface area contributed by atoms with Crippen LogP contribution in [0.4, 0.5) is 0 Å². The van der Waals surface area contributed by atoms with Gasteiger partial charge in [-0.1, -0.05) is 32.6 Å². The molecule has 0 radical (unpaired) electrons. The average molecular weight is 337 g/mol. The van der Waals surface area contributed by atoms with Crippen molar-refractivity contribution < 1.29 is 19.5 Å². The second-order valence-electron chi connectivity index (χ2n) is 4.84. The normalized spacial score (nSPS) is 15.0. The van der Waals surface area contributed by atoms with Gasteiger partial charge in [0.25, 0.3) is 5.91 Å². The molecule has 0 heterocycles. The molecule has 3 unspecified atom stereocenters. The fourth-order valence-corrected chi connectivity index (χ4v) is 1.95. The highest BCUT2D eigenvalue weighted by molar-refractivity contribution is 7.78. The fourth-order valence-electron chi connectivity index (χ4n) is 1.42. The maximum absolute atomic E-state index is 12.1. The Morgan fingerprint density at radius 1 is 1.19 bits per heavy atom. The Labute approximate surface area is 135 Å². The number of carbonyl (C=O) groups excluding carboxylic acids is 2. The van der Waals surface area contributed by atoms with Crippen molar-refractivity contribution in [3.8, 4) is 0 Å². The van der Waals surface area contributed by atoms with Crippen molar-refractivity contribution in [2.75, 3.05) is 0 Å². The minimum absolute atomic E-state index is 0.0118. The molecule has 0 saturated heterocycles. The van der Waals surface area contributed by atoms with Gasteiger partial charge in [-0.15, -0.1) is 0 Å². The third kappa shape index (κ3) is 6.15. The number of carboxylic acids is 1. The summed E-state index contributed by atoms with van der Waals surface area (Å²) < 4.78 is 2.26. The first-order chi connectivity index (χ1) is 9.63. The van der Waals surface area contributed by atoms with Gasteiger partial charge in [-0.05, 0) is 26.7 Å². The molecule has 0 aromatic carbocycles. The summed E-state index contributed by atoms with van der Waals surface area (Å²) in [5, 5.41) is 8.65. The second kappa shape index (κ2) is 9.16. The Morgan fingerprint density at radius 3 is 2.14 bits per heavy atom. The van der Waals surface area contributed by atoms with Crippen molar-refractivity contribution in [2.24, 2.45) is 5.73 Å². The SMILES string of the molecule is CCC(C)N(S)C(=O)C(C)N(S)C(=O)CCC(N)C(=O)O. The van der Waals surface area contributed by atoms with E-state index < -0.39 is 24.0 Å². The molecule has 0 aromatic heterocycles. The number of nitrogens with zero attached hydrogens (tertiary/aromatic N) is 2. The van der Waals surface area contributed by atoms with Crippen LogP contribution in [0.2, 0.25) is 0 Å². The van der Waals surface area contributed by atoms with E-state index in [1.807, 2.05) is 13.8 Å². The third-order valence-electron chi connectivity index (χ3n) is 3.20. The van der Waals surface area contributed by atoms with E-state index in [-0.39, 0.29) is 24.8 Å². The summed E-state index contributed by atoms with van der Waals surface area (Å²) in [7, 11) is 0. The van der Waals surface area contributed by atoms with Crippen molar-refractivity contribution in [3.05, 3.63) is 0 Å². The van der Waals surface area contributed by atoms with Gasteiger partial charge in [-0.2, -0.15) is 0 Å². The number of rotatable bonds is 8.